The van der Waals surface area contributed by atoms with E-state index in [1.807, 2.05) is 62.4 Å². The Morgan fingerprint density at radius 3 is 2.11 bits per heavy atom. The zero-order valence-electron chi connectivity index (χ0n) is 23.1. The number of oxazole rings is 1. The lowest BCUT2D eigenvalue weighted by Gasteiger charge is -2.14. The summed E-state index contributed by atoms with van der Waals surface area (Å²) in [4.78, 5) is 9.70. The Hall–Kier alpha value is -4.16. The Labute approximate surface area is 223 Å². The Morgan fingerprint density at radius 1 is 0.789 bits per heavy atom. The van der Waals surface area contributed by atoms with Crippen molar-refractivity contribution >= 4 is 33.3 Å². The molecule has 1 aromatic heterocycles. The van der Waals surface area contributed by atoms with Crippen LogP contribution in [0.1, 0.15) is 30.5 Å². The molecule has 0 amide bonds. The summed E-state index contributed by atoms with van der Waals surface area (Å²) in [6.07, 6.45) is 0. The summed E-state index contributed by atoms with van der Waals surface area (Å²) in [7, 11) is 4.98. The second-order valence-corrected chi connectivity index (χ2v) is 8.68. The van der Waals surface area contributed by atoms with E-state index in [9.17, 15) is 0 Å². The molecule has 0 unspecified atom stereocenters. The molecule has 0 aliphatic heterocycles. The van der Waals surface area contributed by atoms with Crippen LogP contribution in [0.5, 0.6) is 11.5 Å². The average Bonchev–Trinajstić information content (AvgIpc) is 3.37. The number of methoxy groups -OCH3 is 3. The van der Waals surface area contributed by atoms with Crippen LogP contribution in [0.2, 0.25) is 0 Å². The van der Waals surface area contributed by atoms with Gasteiger partial charge in [-0.25, -0.2) is 4.98 Å². The maximum atomic E-state index is 6.18. The highest BCUT2D eigenvalue weighted by Gasteiger charge is 2.17. The van der Waals surface area contributed by atoms with Crippen LogP contribution in [-0.4, -0.2) is 38.6 Å². The van der Waals surface area contributed by atoms with Crippen LogP contribution < -0.4 is 9.47 Å². The molecule has 6 nitrogen and oxygen atoms in total. The fourth-order valence-corrected chi connectivity index (χ4v) is 4.31. The van der Waals surface area contributed by atoms with E-state index in [0.717, 1.165) is 50.3 Å². The molecule has 0 bridgehead atoms. The van der Waals surface area contributed by atoms with Crippen LogP contribution in [0.15, 0.2) is 76.1 Å². The maximum Gasteiger partial charge on any atom is 0.227 e. The predicted molar refractivity (Wildman–Crippen MR) is 155 cm³/mol. The fraction of sp³-hybridized carbons (Fsp3) is 0.250. The van der Waals surface area contributed by atoms with Crippen molar-refractivity contribution in [3.05, 3.63) is 83.4 Å². The van der Waals surface area contributed by atoms with Crippen LogP contribution in [0.4, 0.5) is 5.69 Å². The number of ether oxygens (including phenoxy) is 3. The zero-order chi connectivity index (χ0) is 27.2. The van der Waals surface area contributed by atoms with Crippen molar-refractivity contribution < 1.29 is 18.6 Å². The first-order valence-electron chi connectivity index (χ1n) is 12.7. The Morgan fingerprint density at radius 2 is 1.45 bits per heavy atom. The minimum atomic E-state index is 0.371. The molecule has 0 atom stereocenters. The average molecular weight is 511 g/mol. The van der Waals surface area contributed by atoms with Crippen molar-refractivity contribution in [2.45, 2.75) is 27.7 Å². The first-order valence-corrected chi connectivity index (χ1v) is 12.7. The normalized spacial score (nSPS) is 11.4. The standard InChI is InChI=1S/C30H28N2O4.C2H6/c1-18-14-25-23(28(17-33-3)31-20-6-8-21(34-4)9-7-20)11-12-24(26(25)15-19(18)2)30-32-27-13-10-22(35-5)16-29(27)36-30;1-2/h6-16H,17H2,1-5H3;1-2H3. The molecule has 5 aromatic rings. The van der Waals surface area contributed by atoms with Crippen LogP contribution in [-0.2, 0) is 4.74 Å². The van der Waals surface area contributed by atoms with Crippen molar-refractivity contribution in [1.29, 1.82) is 0 Å². The topological polar surface area (TPSA) is 66.1 Å². The van der Waals surface area contributed by atoms with Crippen molar-refractivity contribution in [3.63, 3.8) is 0 Å². The molecular weight excluding hydrogens is 476 g/mol. The van der Waals surface area contributed by atoms with Gasteiger partial charge in [-0.05, 0) is 78.2 Å². The van der Waals surface area contributed by atoms with Gasteiger partial charge in [-0.3, -0.25) is 4.99 Å². The SMILES string of the molecule is CC.COCC(=Nc1ccc(OC)cc1)c1ccc(-c2nc3ccc(OC)cc3o2)c2cc(C)c(C)cc12. The van der Waals surface area contributed by atoms with Crippen molar-refractivity contribution in [3.8, 4) is 23.0 Å². The van der Waals surface area contributed by atoms with Gasteiger partial charge in [-0.1, -0.05) is 32.0 Å². The minimum absolute atomic E-state index is 0.371. The van der Waals surface area contributed by atoms with Gasteiger partial charge in [-0.15, -0.1) is 0 Å². The van der Waals surface area contributed by atoms with E-state index in [4.69, 9.17) is 28.6 Å². The van der Waals surface area contributed by atoms with E-state index < -0.39 is 0 Å². The summed E-state index contributed by atoms with van der Waals surface area (Å²) < 4.78 is 22.4. The molecule has 5 rings (SSSR count). The Balaban J connectivity index is 0.00000164. The lowest BCUT2D eigenvalue weighted by Crippen LogP contribution is -2.10. The highest BCUT2D eigenvalue weighted by atomic mass is 16.5. The maximum absolute atomic E-state index is 6.18. The van der Waals surface area contributed by atoms with Gasteiger partial charge in [0, 0.05) is 24.3 Å². The number of aliphatic imine (C=N–C) groups is 1. The molecule has 0 aliphatic carbocycles. The third-order valence-corrected chi connectivity index (χ3v) is 6.39. The zero-order valence-corrected chi connectivity index (χ0v) is 23.1. The Bertz CT molecular complexity index is 1580. The van der Waals surface area contributed by atoms with E-state index in [1.54, 1.807) is 21.3 Å². The lowest BCUT2D eigenvalue weighted by atomic mass is 9.93. The molecule has 0 saturated heterocycles. The number of rotatable bonds is 7. The number of hydrogen-bond acceptors (Lipinski definition) is 6. The fourth-order valence-electron chi connectivity index (χ4n) is 4.31. The van der Waals surface area contributed by atoms with E-state index in [1.165, 1.54) is 11.1 Å². The molecule has 0 radical (unpaired) electrons. The van der Waals surface area contributed by atoms with E-state index >= 15 is 0 Å². The molecule has 1 heterocycles. The smallest absolute Gasteiger partial charge is 0.227 e. The quantitative estimate of drug-likeness (QED) is 0.207. The van der Waals surface area contributed by atoms with Crippen LogP contribution in [0.3, 0.4) is 0 Å². The number of hydrogen-bond donors (Lipinski definition) is 0. The van der Waals surface area contributed by atoms with Gasteiger partial charge in [0.15, 0.2) is 5.58 Å². The second kappa shape index (κ2) is 11.9. The summed E-state index contributed by atoms with van der Waals surface area (Å²) in [6.45, 7) is 8.60. The second-order valence-electron chi connectivity index (χ2n) is 8.68. The van der Waals surface area contributed by atoms with E-state index in [0.29, 0.717) is 18.1 Å². The van der Waals surface area contributed by atoms with Crippen molar-refractivity contribution in [2.75, 3.05) is 27.9 Å². The number of aromatic nitrogens is 1. The summed E-state index contributed by atoms with van der Waals surface area (Å²) in [5.74, 6) is 2.09. The highest BCUT2D eigenvalue weighted by Crippen LogP contribution is 2.35. The minimum Gasteiger partial charge on any atom is -0.497 e. The van der Waals surface area contributed by atoms with Crippen LogP contribution in [0, 0.1) is 13.8 Å². The first-order chi connectivity index (χ1) is 18.5. The monoisotopic (exact) mass is 510 g/mol. The van der Waals surface area contributed by atoms with Crippen molar-refractivity contribution in [1.82, 2.24) is 4.98 Å². The third-order valence-electron chi connectivity index (χ3n) is 6.39. The van der Waals surface area contributed by atoms with Gasteiger partial charge in [0.25, 0.3) is 0 Å². The summed E-state index contributed by atoms with van der Waals surface area (Å²) in [6, 6.07) is 21.8. The molecule has 4 aromatic carbocycles. The van der Waals surface area contributed by atoms with Crippen molar-refractivity contribution in [2.24, 2.45) is 4.99 Å². The number of benzene rings is 4. The molecule has 0 N–H and O–H groups in total. The molecule has 0 spiro atoms. The number of nitrogens with zero attached hydrogens (tertiary/aromatic N) is 2. The molecular formula is C32H34N2O4. The Kier molecular flexibility index (Phi) is 8.44. The lowest BCUT2D eigenvalue weighted by molar-refractivity contribution is 0.245. The molecule has 38 heavy (non-hydrogen) atoms. The number of fused-ring (bicyclic) bond motifs is 2. The van der Waals surface area contributed by atoms with Gasteiger partial charge >= 0.3 is 0 Å². The molecule has 0 saturated carbocycles. The summed E-state index contributed by atoms with van der Waals surface area (Å²) in [5, 5.41) is 2.12. The van der Waals surface area contributed by atoms with Gasteiger partial charge < -0.3 is 18.6 Å². The summed E-state index contributed by atoms with van der Waals surface area (Å²) >= 11 is 0. The molecule has 0 aliphatic rings. The first kappa shape index (κ1) is 26.9. The van der Waals surface area contributed by atoms with E-state index in [-0.39, 0.29) is 0 Å². The summed E-state index contributed by atoms with van der Waals surface area (Å²) in [5.41, 5.74) is 7.46. The largest absolute Gasteiger partial charge is 0.497 e. The van der Waals surface area contributed by atoms with Crippen LogP contribution >= 0.6 is 0 Å². The molecule has 0 fully saturated rings. The highest BCUT2D eigenvalue weighted by molar-refractivity contribution is 6.15. The van der Waals surface area contributed by atoms with Gasteiger partial charge in [0.1, 0.15) is 17.0 Å². The number of aryl methyl sites for hydroxylation is 2. The molecule has 196 valence electrons. The van der Waals surface area contributed by atoms with Gasteiger partial charge in [0.05, 0.1) is 32.2 Å². The van der Waals surface area contributed by atoms with Gasteiger partial charge in [-0.2, -0.15) is 0 Å². The van der Waals surface area contributed by atoms with Crippen LogP contribution in [0.25, 0.3) is 33.3 Å². The third kappa shape index (κ3) is 5.41. The molecule has 6 heteroatoms. The predicted octanol–water partition coefficient (Wildman–Crippen LogP) is 8.08. The van der Waals surface area contributed by atoms with E-state index in [2.05, 4.69) is 32.0 Å². The van der Waals surface area contributed by atoms with Gasteiger partial charge in [0.2, 0.25) is 5.89 Å².